The molecule has 0 aliphatic carbocycles. The van der Waals surface area contributed by atoms with Crippen molar-refractivity contribution < 1.29 is 9.53 Å². The number of nitrogens with two attached hydrogens (primary N) is 1. The molecule has 0 aliphatic rings. The molecule has 1 amide bonds. The summed E-state index contributed by atoms with van der Waals surface area (Å²) in [5, 5.41) is 2.02. The van der Waals surface area contributed by atoms with E-state index in [9.17, 15) is 4.79 Å². The molecule has 5 heteroatoms. The molecule has 102 valence electrons. The highest BCUT2D eigenvalue weighted by Crippen LogP contribution is 2.15. The quantitative estimate of drug-likeness (QED) is 0.822. The van der Waals surface area contributed by atoms with Crippen LogP contribution in [0, 0.1) is 0 Å². The zero-order valence-electron chi connectivity index (χ0n) is 11.3. The Morgan fingerprint density at radius 3 is 2.72 bits per heavy atom. The van der Waals surface area contributed by atoms with E-state index in [1.54, 1.807) is 18.4 Å². The Morgan fingerprint density at radius 1 is 1.56 bits per heavy atom. The fourth-order valence-electron chi connectivity index (χ4n) is 1.70. The molecule has 0 spiro atoms. The summed E-state index contributed by atoms with van der Waals surface area (Å²) >= 11 is 1.67. The monoisotopic (exact) mass is 270 g/mol. The van der Waals surface area contributed by atoms with Gasteiger partial charge in [0.1, 0.15) is 0 Å². The van der Waals surface area contributed by atoms with E-state index < -0.39 is 0 Å². The molecule has 1 aromatic rings. The predicted octanol–water partition coefficient (Wildman–Crippen LogP) is 1.85. The third kappa shape index (κ3) is 4.40. The average molecular weight is 270 g/mol. The molecule has 0 saturated heterocycles. The highest BCUT2D eigenvalue weighted by molar-refractivity contribution is 7.09. The third-order valence-electron chi connectivity index (χ3n) is 2.85. The molecule has 4 nitrogen and oxygen atoms in total. The van der Waals surface area contributed by atoms with Crippen LogP contribution in [0.1, 0.15) is 25.1 Å². The van der Waals surface area contributed by atoms with Gasteiger partial charge in [-0.25, -0.2) is 0 Å². The summed E-state index contributed by atoms with van der Waals surface area (Å²) in [6.45, 7) is 5.08. The highest BCUT2D eigenvalue weighted by Gasteiger charge is 2.21. The third-order valence-corrected chi connectivity index (χ3v) is 3.71. The molecule has 18 heavy (non-hydrogen) atoms. The fraction of sp³-hybridized carbons (Fsp3) is 0.615. The van der Waals surface area contributed by atoms with E-state index in [0.29, 0.717) is 19.5 Å². The van der Waals surface area contributed by atoms with Gasteiger partial charge in [0.05, 0.1) is 19.1 Å². The summed E-state index contributed by atoms with van der Waals surface area (Å²) in [6.07, 6.45) is 0.151. The van der Waals surface area contributed by atoms with Crippen molar-refractivity contribution in [1.82, 2.24) is 4.90 Å². The van der Waals surface area contributed by atoms with E-state index in [1.165, 1.54) is 4.88 Å². The van der Waals surface area contributed by atoms with Crippen LogP contribution in [0.5, 0.6) is 0 Å². The van der Waals surface area contributed by atoms with E-state index in [0.717, 1.165) is 0 Å². The van der Waals surface area contributed by atoms with E-state index in [-0.39, 0.29) is 18.1 Å². The van der Waals surface area contributed by atoms with Crippen molar-refractivity contribution in [2.24, 2.45) is 5.73 Å². The molecule has 1 rings (SSSR count). The number of hydrogen-bond acceptors (Lipinski definition) is 4. The van der Waals surface area contributed by atoms with Crippen LogP contribution >= 0.6 is 11.3 Å². The van der Waals surface area contributed by atoms with Crippen molar-refractivity contribution in [3.8, 4) is 0 Å². The summed E-state index contributed by atoms with van der Waals surface area (Å²) in [5.74, 6) is 0.0932. The average Bonchev–Trinajstić information content (AvgIpc) is 2.85. The Morgan fingerprint density at radius 2 is 2.28 bits per heavy atom. The lowest BCUT2D eigenvalue weighted by atomic mass is 10.2. The van der Waals surface area contributed by atoms with Gasteiger partial charge in [-0.2, -0.15) is 0 Å². The topological polar surface area (TPSA) is 55.6 Å². The summed E-state index contributed by atoms with van der Waals surface area (Å²) in [7, 11) is 1.59. The molecule has 0 aliphatic heterocycles. The Balaban J connectivity index is 2.63. The Bertz CT molecular complexity index is 348. The zero-order valence-corrected chi connectivity index (χ0v) is 12.1. The van der Waals surface area contributed by atoms with Crippen molar-refractivity contribution in [3.05, 3.63) is 22.4 Å². The smallest absolute Gasteiger partial charge is 0.225 e. The van der Waals surface area contributed by atoms with Crippen LogP contribution in [-0.2, 0) is 16.1 Å². The molecule has 1 heterocycles. The SMILES string of the molecule is COC(CN)CC(=O)N(Cc1cccs1)C(C)C. The number of ether oxygens (including phenoxy) is 1. The van der Waals surface area contributed by atoms with Gasteiger partial charge in [0, 0.05) is 24.6 Å². The summed E-state index contributed by atoms with van der Waals surface area (Å²) in [6, 6.07) is 4.22. The minimum atomic E-state index is -0.193. The fourth-order valence-corrected chi connectivity index (χ4v) is 2.41. The first kappa shape index (κ1) is 15.1. The van der Waals surface area contributed by atoms with Crippen molar-refractivity contribution in [1.29, 1.82) is 0 Å². The lowest BCUT2D eigenvalue weighted by Gasteiger charge is -2.27. The van der Waals surface area contributed by atoms with E-state index in [4.69, 9.17) is 10.5 Å². The van der Waals surface area contributed by atoms with Gasteiger partial charge in [-0.05, 0) is 25.3 Å². The normalized spacial score (nSPS) is 12.7. The van der Waals surface area contributed by atoms with Gasteiger partial charge in [0.15, 0.2) is 0 Å². The number of carbonyl (C=O) groups excluding carboxylic acids is 1. The number of amides is 1. The highest BCUT2D eigenvalue weighted by atomic mass is 32.1. The van der Waals surface area contributed by atoms with Gasteiger partial charge in [0.25, 0.3) is 0 Å². The lowest BCUT2D eigenvalue weighted by molar-refractivity contribution is -0.136. The van der Waals surface area contributed by atoms with E-state index in [1.807, 2.05) is 36.3 Å². The summed E-state index contributed by atoms with van der Waals surface area (Å²) < 4.78 is 5.17. The molecular formula is C13H22N2O2S. The summed E-state index contributed by atoms with van der Waals surface area (Å²) in [5.41, 5.74) is 5.55. The molecule has 0 saturated carbocycles. The minimum absolute atomic E-state index is 0.0932. The molecule has 1 unspecified atom stereocenters. The first-order valence-corrected chi connectivity index (χ1v) is 7.01. The van der Waals surface area contributed by atoms with Gasteiger partial charge < -0.3 is 15.4 Å². The molecule has 2 N–H and O–H groups in total. The molecule has 0 aromatic carbocycles. The maximum absolute atomic E-state index is 12.2. The maximum Gasteiger partial charge on any atom is 0.225 e. The maximum atomic E-state index is 12.2. The zero-order chi connectivity index (χ0) is 13.5. The van der Waals surface area contributed by atoms with Crippen LogP contribution in [0.25, 0.3) is 0 Å². The van der Waals surface area contributed by atoms with Gasteiger partial charge in [0.2, 0.25) is 5.91 Å². The van der Waals surface area contributed by atoms with Gasteiger partial charge in [-0.15, -0.1) is 11.3 Å². The first-order chi connectivity index (χ1) is 8.58. The van der Waals surface area contributed by atoms with Gasteiger partial charge in [-0.3, -0.25) is 4.79 Å². The molecule has 0 bridgehead atoms. The Hall–Kier alpha value is -0.910. The minimum Gasteiger partial charge on any atom is -0.380 e. The lowest BCUT2D eigenvalue weighted by Crippen LogP contribution is -2.39. The molecule has 0 fully saturated rings. The van der Waals surface area contributed by atoms with Crippen LogP contribution in [0.15, 0.2) is 17.5 Å². The van der Waals surface area contributed by atoms with Crippen LogP contribution in [-0.4, -0.2) is 36.6 Å². The molecule has 1 aromatic heterocycles. The number of thiophene rings is 1. The second kappa shape index (κ2) is 7.51. The Labute approximate surface area is 113 Å². The van der Waals surface area contributed by atoms with Crippen molar-refractivity contribution >= 4 is 17.2 Å². The number of nitrogens with zero attached hydrogens (tertiary/aromatic N) is 1. The Kier molecular flexibility index (Phi) is 6.32. The van der Waals surface area contributed by atoms with Crippen LogP contribution < -0.4 is 5.73 Å². The van der Waals surface area contributed by atoms with E-state index >= 15 is 0 Å². The van der Waals surface area contributed by atoms with Crippen LogP contribution in [0.2, 0.25) is 0 Å². The summed E-state index contributed by atoms with van der Waals surface area (Å²) in [4.78, 5) is 15.3. The number of carbonyl (C=O) groups is 1. The van der Waals surface area contributed by atoms with Crippen LogP contribution in [0.3, 0.4) is 0 Å². The first-order valence-electron chi connectivity index (χ1n) is 6.13. The van der Waals surface area contributed by atoms with Crippen molar-refractivity contribution in [2.75, 3.05) is 13.7 Å². The number of rotatable bonds is 7. The second-order valence-corrected chi connectivity index (χ2v) is 5.52. The van der Waals surface area contributed by atoms with Crippen LogP contribution in [0.4, 0.5) is 0 Å². The second-order valence-electron chi connectivity index (χ2n) is 4.49. The predicted molar refractivity (Wildman–Crippen MR) is 74.5 cm³/mol. The van der Waals surface area contributed by atoms with Gasteiger partial charge >= 0.3 is 0 Å². The molecule has 1 atom stereocenters. The van der Waals surface area contributed by atoms with E-state index in [2.05, 4.69) is 0 Å². The van der Waals surface area contributed by atoms with Crippen molar-refractivity contribution in [2.45, 2.75) is 39.0 Å². The van der Waals surface area contributed by atoms with Gasteiger partial charge in [-0.1, -0.05) is 6.07 Å². The largest absolute Gasteiger partial charge is 0.380 e. The standard InChI is InChI=1S/C13H22N2O2S/c1-10(2)15(9-12-5-4-6-18-12)13(16)7-11(8-14)17-3/h4-6,10-11H,7-9,14H2,1-3H3. The number of methoxy groups -OCH3 is 1. The number of hydrogen-bond donors (Lipinski definition) is 1. The molecule has 0 radical (unpaired) electrons. The molecular weight excluding hydrogens is 248 g/mol. The van der Waals surface area contributed by atoms with Crippen molar-refractivity contribution in [3.63, 3.8) is 0 Å².